The van der Waals surface area contributed by atoms with Gasteiger partial charge in [0.05, 0.1) is 6.16 Å². The topological polar surface area (TPSA) is 138 Å². The van der Waals surface area contributed by atoms with E-state index >= 15 is 0 Å². The Kier molecular flexibility index (Phi) is 5.84. The van der Waals surface area contributed by atoms with Crippen LogP contribution in [0.1, 0.15) is 5.56 Å². The van der Waals surface area contributed by atoms with Crippen LogP contribution < -0.4 is 5.73 Å². The molecule has 21 heavy (non-hydrogen) atoms. The molecule has 0 aromatic heterocycles. The van der Waals surface area contributed by atoms with Crippen molar-refractivity contribution < 1.29 is 29.0 Å². The second-order valence-electron chi connectivity index (χ2n) is 4.54. The van der Waals surface area contributed by atoms with Gasteiger partial charge < -0.3 is 20.6 Å². The molecule has 0 bridgehead atoms. The summed E-state index contributed by atoms with van der Waals surface area (Å²) in [5.74, 6) is -3.22. The van der Waals surface area contributed by atoms with Gasteiger partial charge in [-0.1, -0.05) is 30.3 Å². The SMILES string of the molecule is NC(=CC(=O)C(Cc1ccccc1)CP(=O)(O)O)C(=O)O. The van der Waals surface area contributed by atoms with Crippen molar-refractivity contribution in [2.24, 2.45) is 11.7 Å². The van der Waals surface area contributed by atoms with Gasteiger partial charge >= 0.3 is 13.6 Å². The third-order valence-corrected chi connectivity index (χ3v) is 3.65. The summed E-state index contributed by atoms with van der Waals surface area (Å²) in [7, 11) is -4.42. The van der Waals surface area contributed by atoms with E-state index in [9.17, 15) is 14.2 Å². The van der Waals surface area contributed by atoms with Crippen molar-refractivity contribution in [2.45, 2.75) is 6.42 Å². The van der Waals surface area contributed by atoms with Crippen LogP contribution in [0.4, 0.5) is 0 Å². The van der Waals surface area contributed by atoms with Gasteiger partial charge in [0.2, 0.25) is 0 Å². The van der Waals surface area contributed by atoms with Crippen molar-refractivity contribution in [3.05, 3.63) is 47.7 Å². The molecule has 0 aliphatic carbocycles. The van der Waals surface area contributed by atoms with E-state index in [1.807, 2.05) is 0 Å². The van der Waals surface area contributed by atoms with Crippen molar-refractivity contribution in [3.8, 4) is 0 Å². The van der Waals surface area contributed by atoms with Gasteiger partial charge in [0.25, 0.3) is 0 Å². The maximum atomic E-state index is 12.0. The number of aliphatic carboxylic acids is 1. The van der Waals surface area contributed by atoms with Crippen LogP contribution in [0, 0.1) is 5.92 Å². The maximum Gasteiger partial charge on any atom is 0.351 e. The fraction of sp³-hybridized carbons (Fsp3) is 0.231. The van der Waals surface area contributed by atoms with E-state index in [0.717, 1.165) is 0 Å². The van der Waals surface area contributed by atoms with E-state index < -0.39 is 37.1 Å². The molecule has 0 spiro atoms. The quantitative estimate of drug-likeness (QED) is 0.425. The van der Waals surface area contributed by atoms with Crippen LogP contribution in [0.25, 0.3) is 0 Å². The third-order valence-electron chi connectivity index (χ3n) is 2.73. The smallest absolute Gasteiger partial charge is 0.351 e. The molecule has 1 unspecified atom stereocenters. The van der Waals surface area contributed by atoms with Crippen LogP contribution in [0.5, 0.6) is 0 Å². The molecule has 0 saturated carbocycles. The van der Waals surface area contributed by atoms with Crippen molar-refractivity contribution in [2.75, 3.05) is 6.16 Å². The van der Waals surface area contributed by atoms with E-state index in [4.69, 9.17) is 20.6 Å². The van der Waals surface area contributed by atoms with Gasteiger partial charge in [-0.25, -0.2) is 4.79 Å². The predicted octanol–water partition coefficient (Wildman–Crippen LogP) is 0.519. The Balaban J connectivity index is 2.97. The molecular weight excluding hydrogens is 297 g/mol. The number of rotatable bonds is 7. The van der Waals surface area contributed by atoms with Gasteiger partial charge in [0, 0.05) is 12.0 Å². The van der Waals surface area contributed by atoms with E-state index in [2.05, 4.69) is 0 Å². The molecule has 0 heterocycles. The van der Waals surface area contributed by atoms with Gasteiger partial charge in [-0.05, 0) is 12.0 Å². The standard InChI is InChI=1S/C13H16NO6P/c14-11(13(16)17)7-12(15)10(8-21(18,19)20)6-9-4-2-1-3-5-9/h1-5,7,10H,6,8,14H2,(H,16,17)(H2,18,19,20). The van der Waals surface area contributed by atoms with E-state index in [1.54, 1.807) is 30.3 Å². The average Bonchev–Trinajstić information content (AvgIpc) is 2.37. The highest BCUT2D eigenvalue weighted by Gasteiger charge is 2.27. The Morgan fingerprint density at radius 2 is 1.81 bits per heavy atom. The van der Waals surface area contributed by atoms with Crippen molar-refractivity contribution in [3.63, 3.8) is 0 Å². The molecule has 0 amide bonds. The first kappa shape index (κ1) is 17.1. The highest BCUT2D eigenvalue weighted by Crippen LogP contribution is 2.38. The first-order chi connectivity index (χ1) is 9.69. The highest BCUT2D eigenvalue weighted by atomic mass is 31.2. The number of carbonyl (C=O) groups excluding carboxylic acids is 1. The molecule has 0 fully saturated rings. The number of ketones is 1. The van der Waals surface area contributed by atoms with Crippen LogP contribution in [0.15, 0.2) is 42.1 Å². The Labute approximate surface area is 121 Å². The summed E-state index contributed by atoms with van der Waals surface area (Å²) in [4.78, 5) is 40.7. The fourth-order valence-electron chi connectivity index (χ4n) is 1.77. The molecule has 1 aromatic rings. The van der Waals surface area contributed by atoms with Crippen LogP contribution in [0.3, 0.4) is 0 Å². The number of carbonyl (C=O) groups is 2. The van der Waals surface area contributed by atoms with Crippen LogP contribution in [0.2, 0.25) is 0 Å². The normalized spacial score (nSPS) is 13.7. The number of carboxylic acids is 1. The zero-order chi connectivity index (χ0) is 16.0. The lowest BCUT2D eigenvalue weighted by atomic mass is 9.96. The second kappa shape index (κ2) is 7.17. The maximum absolute atomic E-state index is 12.0. The van der Waals surface area contributed by atoms with E-state index in [0.29, 0.717) is 11.6 Å². The summed E-state index contributed by atoms with van der Waals surface area (Å²) in [5, 5.41) is 8.64. The molecule has 7 nitrogen and oxygen atoms in total. The summed E-state index contributed by atoms with van der Waals surface area (Å²) in [6.07, 6.45) is 0.129. The highest BCUT2D eigenvalue weighted by molar-refractivity contribution is 7.51. The molecule has 5 N–H and O–H groups in total. The molecule has 0 aliphatic rings. The summed E-state index contributed by atoms with van der Waals surface area (Å²) in [5.41, 5.74) is 5.21. The minimum atomic E-state index is -4.42. The Morgan fingerprint density at radius 3 is 2.29 bits per heavy atom. The van der Waals surface area contributed by atoms with E-state index in [1.165, 1.54) is 0 Å². The summed E-state index contributed by atoms with van der Waals surface area (Å²) < 4.78 is 11.1. The molecule has 0 saturated heterocycles. The zero-order valence-corrected chi connectivity index (χ0v) is 11.9. The number of carboxylic acid groups (broad SMARTS) is 1. The minimum Gasteiger partial charge on any atom is -0.477 e. The lowest BCUT2D eigenvalue weighted by Crippen LogP contribution is -2.22. The average molecular weight is 313 g/mol. The third kappa shape index (κ3) is 6.35. The molecule has 8 heteroatoms. The summed E-state index contributed by atoms with van der Waals surface area (Å²) in [6, 6.07) is 8.66. The van der Waals surface area contributed by atoms with Crippen molar-refractivity contribution in [1.29, 1.82) is 0 Å². The number of hydrogen-bond acceptors (Lipinski definition) is 4. The van der Waals surface area contributed by atoms with Gasteiger partial charge in [0.1, 0.15) is 5.70 Å². The lowest BCUT2D eigenvalue weighted by Gasteiger charge is -2.15. The molecule has 1 atom stereocenters. The molecule has 114 valence electrons. The zero-order valence-electron chi connectivity index (χ0n) is 11.0. The van der Waals surface area contributed by atoms with Gasteiger partial charge in [0.15, 0.2) is 5.78 Å². The molecular formula is C13H16NO6P. The van der Waals surface area contributed by atoms with Crippen LogP contribution in [-0.2, 0) is 20.6 Å². The number of benzene rings is 1. The van der Waals surface area contributed by atoms with Crippen LogP contribution in [-0.4, -0.2) is 32.8 Å². The number of nitrogens with two attached hydrogens (primary N) is 1. The minimum absolute atomic E-state index is 0.0915. The predicted molar refractivity (Wildman–Crippen MR) is 75.5 cm³/mol. The molecule has 1 aromatic carbocycles. The Bertz CT molecular complexity index is 592. The summed E-state index contributed by atoms with van der Waals surface area (Å²) >= 11 is 0. The fourth-order valence-corrected chi connectivity index (χ4v) is 2.66. The molecule has 0 radical (unpaired) electrons. The Morgan fingerprint density at radius 1 is 1.24 bits per heavy atom. The number of hydrogen-bond donors (Lipinski definition) is 4. The van der Waals surface area contributed by atoms with E-state index in [-0.39, 0.29) is 6.42 Å². The number of allylic oxidation sites excluding steroid dienone is 1. The largest absolute Gasteiger partial charge is 0.477 e. The van der Waals surface area contributed by atoms with Gasteiger partial charge in [-0.2, -0.15) is 0 Å². The first-order valence-corrected chi connectivity index (χ1v) is 7.81. The van der Waals surface area contributed by atoms with Gasteiger partial charge in [-0.3, -0.25) is 9.36 Å². The summed E-state index contributed by atoms with van der Waals surface area (Å²) in [6.45, 7) is 0. The Hall–Kier alpha value is -1.95. The monoisotopic (exact) mass is 313 g/mol. The van der Waals surface area contributed by atoms with Crippen molar-refractivity contribution >= 4 is 19.3 Å². The molecule has 0 aliphatic heterocycles. The first-order valence-electron chi connectivity index (χ1n) is 6.02. The van der Waals surface area contributed by atoms with Crippen LogP contribution >= 0.6 is 7.60 Å². The molecule has 1 rings (SSSR count). The second-order valence-corrected chi connectivity index (χ2v) is 6.24. The van der Waals surface area contributed by atoms with Crippen molar-refractivity contribution in [1.82, 2.24) is 0 Å². The lowest BCUT2D eigenvalue weighted by molar-refractivity contribution is -0.133. The van der Waals surface area contributed by atoms with Gasteiger partial charge in [-0.15, -0.1) is 0 Å².